The van der Waals surface area contributed by atoms with Crippen molar-refractivity contribution in [2.75, 3.05) is 26.7 Å². The Labute approximate surface area is 227 Å². The number of aliphatic imine (C=N–C) groups is 1. The zero-order valence-corrected chi connectivity index (χ0v) is 23.2. The molecule has 1 unspecified atom stereocenters. The summed E-state index contributed by atoms with van der Waals surface area (Å²) in [5.74, 6) is 1.52. The molecular weight excluding hydrogens is 482 g/mol. The number of aromatic hydroxyl groups is 1. The van der Waals surface area contributed by atoms with Crippen molar-refractivity contribution in [3.8, 4) is 11.5 Å². The van der Waals surface area contributed by atoms with E-state index in [0.29, 0.717) is 24.1 Å². The normalized spacial score (nSPS) is 20.1. The van der Waals surface area contributed by atoms with Gasteiger partial charge < -0.3 is 35.4 Å². The Morgan fingerprint density at radius 2 is 2.05 bits per heavy atom. The lowest BCUT2D eigenvalue weighted by atomic mass is 9.88. The van der Waals surface area contributed by atoms with E-state index in [2.05, 4.69) is 41.6 Å². The summed E-state index contributed by atoms with van der Waals surface area (Å²) in [5.41, 5.74) is 1.58. The Hall–Kier alpha value is -2.49. The van der Waals surface area contributed by atoms with Gasteiger partial charge in [0.2, 0.25) is 5.70 Å². The highest BCUT2D eigenvalue weighted by Gasteiger charge is 2.35. The van der Waals surface area contributed by atoms with Crippen LogP contribution in [0.5, 0.6) is 11.5 Å². The third kappa shape index (κ3) is 9.06. The summed E-state index contributed by atoms with van der Waals surface area (Å²) in [6.07, 6.45) is 13.2. The quantitative estimate of drug-likeness (QED) is 0.157. The van der Waals surface area contributed by atoms with Crippen molar-refractivity contribution >= 4 is 6.21 Å². The van der Waals surface area contributed by atoms with Gasteiger partial charge in [0.05, 0.1) is 18.1 Å². The molecule has 2 heterocycles. The first-order chi connectivity index (χ1) is 18.3. The molecule has 0 amide bonds. The highest BCUT2D eigenvalue weighted by atomic mass is 16.5. The van der Waals surface area contributed by atoms with Crippen LogP contribution in [-0.2, 0) is 6.42 Å². The molecule has 8 heteroatoms. The van der Waals surface area contributed by atoms with Gasteiger partial charge in [0, 0.05) is 25.6 Å². The van der Waals surface area contributed by atoms with Gasteiger partial charge in [-0.3, -0.25) is 0 Å². The lowest BCUT2D eigenvalue weighted by Gasteiger charge is -2.24. The number of phenols is 1. The van der Waals surface area contributed by atoms with Gasteiger partial charge in [-0.05, 0) is 57.9 Å². The predicted molar refractivity (Wildman–Crippen MR) is 152 cm³/mol. The first kappa shape index (κ1) is 30.1. The molecule has 6 N–H and O–H groups in total. The number of likely N-dealkylation sites (N-methyl/N-ethyl adjacent to an activating group) is 1. The number of aliphatic hydroxyl groups excluding tert-OH is 2. The summed E-state index contributed by atoms with van der Waals surface area (Å²) in [6.45, 7) is 7.27. The molecule has 0 aromatic heterocycles. The van der Waals surface area contributed by atoms with Crippen LogP contribution in [0.15, 0.2) is 47.1 Å². The minimum absolute atomic E-state index is 0.0172. The Morgan fingerprint density at radius 3 is 2.79 bits per heavy atom. The Bertz CT molecular complexity index is 948. The molecule has 0 spiro atoms. The molecule has 3 rings (SSSR count). The highest BCUT2D eigenvalue weighted by molar-refractivity contribution is 5.83. The molecule has 0 fully saturated rings. The smallest absolute Gasteiger partial charge is 0.207 e. The molecule has 2 aliphatic heterocycles. The molecule has 0 bridgehead atoms. The van der Waals surface area contributed by atoms with E-state index in [1.54, 1.807) is 19.2 Å². The summed E-state index contributed by atoms with van der Waals surface area (Å²) in [4.78, 5) is 4.42. The zero-order chi connectivity index (χ0) is 27.5. The number of hydrogen-bond donors (Lipinski definition) is 5. The number of aryl methyl sites for hydroxylation is 1. The summed E-state index contributed by atoms with van der Waals surface area (Å²) in [5, 5.41) is 37.2. The Kier molecular flexibility index (Phi) is 12.0. The summed E-state index contributed by atoms with van der Waals surface area (Å²) >= 11 is 0. The molecule has 0 saturated heterocycles. The van der Waals surface area contributed by atoms with Crippen molar-refractivity contribution in [3.05, 3.63) is 59.7 Å². The minimum atomic E-state index is -0.926. The first-order valence-electron chi connectivity index (χ1n) is 13.9. The van der Waals surface area contributed by atoms with Crippen LogP contribution in [0.1, 0.15) is 52.0 Å². The van der Waals surface area contributed by atoms with E-state index >= 15 is 0 Å². The van der Waals surface area contributed by atoms with Crippen LogP contribution in [0.3, 0.4) is 0 Å². The maximum Gasteiger partial charge on any atom is 0.207 e. The monoisotopic (exact) mass is 528 g/mol. The van der Waals surface area contributed by atoms with Gasteiger partial charge in [-0.1, -0.05) is 19.4 Å². The van der Waals surface area contributed by atoms with E-state index in [-0.39, 0.29) is 24.3 Å². The summed E-state index contributed by atoms with van der Waals surface area (Å²) in [6, 6.07) is 5.47. The fourth-order valence-corrected chi connectivity index (χ4v) is 4.62. The molecule has 5 atom stereocenters. The molecule has 1 aromatic carbocycles. The number of unbranched alkanes of at least 4 members (excludes halogenated alkanes) is 1. The fourth-order valence-electron chi connectivity index (χ4n) is 4.62. The van der Waals surface area contributed by atoms with Crippen molar-refractivity contribution in [2.45, 2.75) is 77.2 Å². The Balaban J connectivity index is 1.50. The number of rotatable bonds is 17. The van der Waals surface area contributed by atoms with Crippen molar-refractivity contribution < 1.29 is 24.8 Å². The van der Waals surface area contributed by atoms with E-state index in [4.69, 9.17) is 9.47 Å². The SMILES string of the molecule is CCCCC1C=C[C-](CCc2ccc(O)c(OC[C@H](O)C3=C[C+]([C@H](C)[C@H](CNC)NC[C@H](C)O)C=N3)c2)[OH+]1. The molecule has 0 saturated carbocycles. The maximum absolute atomic E-state index is 10.7. The second-order valence-corrected chi connectivity index (χ2v) is 10.4. The molecule has 1 aromatic rings. The number of phenolic OH excluding ortho intramolecular Hbond substituents is 1. The lowest BCUT2D eigenvalue weighted by molar-refractivity contribution is -0.0480. The number of nitrogens with one attached hydrogen (secondary N) is 2. The number of allylic oxidation sites excluding steroid dienone is 1. The predicted octanol–water partition coefficient (Wildman–Crippen LogP) is 2.99. The van der Waals surface area contributed by atoms with E-state index in [9.17, 15) is 15.3 Å². The average Bonchev–Trinajstić information content (AvgIpc) is 3.58. The number of ether oxygens (including phenoxy) is 2. The van der Waals surface area contributed by atoms with Gasteiger partial charge in [-0.15, -0.1) is 17.1 Å². The largest absolute Gasteiger partial charge is 0.504 e. The van der Waals surface area contributed by atoms with E-state index in [1.807, 2.05) is 25.3 Å². The molecule has 210 valence electrons. The van der Waals surface area contributed by atoms with Crippen molar-refractivity contribution in [2.24, 2.45) is 10.9 Å². The molecule has 38 heavy (non-hydrogen) atoms. The molecular formula is C30H46N3O5+. The second-order valence-electron chi connectivity index (χ2n) is 10.4. The number of hydrogen-bond acceptors (Lipinski definition) is 7. The van der Waals surface area contributed by atoms with E-state index in [0.717, 1.165) is 43.4 Å². The van der Waals surface area contributed by atoms with Crippen LogP contribution < -0.4 is 15.4 Å². The molecule has 2 aliphatic rings. The van der Waals surface area contributed by atoms with Crippen LogP contribution in [0.4, 0.5) is 0 Å². The number of benzene rings is 1. The second kappa shape index (κ2) is 15.2. The van der Waals surface area contributed by atoms with E-state index in [1.165, 1.54) is 12.8 Å². The van der Waals surface area contributed by atoms with Crippen LogP contribution in [0.2, 0.25) is 0 Å². The van der Waals surface area contributed by atoms with Crippen LogP contribution >= 0.6 is 0 Å². The van der Waals surface area contributed by atoms with Gasteiger partial charge >= 0.3 is 0 Å². The molecule has 0 aliphatic carbocycles. The highest BCUT2D eigenvalue weighted by Crippen LogP contribution is 2.31. The standard InChI is InChI=1S/C30H45N3O5/c1-5-6-7-24-11-12-25(38-24)10-8-22-9-13-28(35)30(14-22)37-19-29(36)26-15-23(17-33-26)21(3)27(18-31-4)32-16-20(2)34/h9,11-15,17,20-21,24,27,29,31-32,34,36,38H,5-8,10,16,18-19H2,1-4H3/p+1/t20-,21-,24?,27-,29-/m0/s1. The average molecular weight is 529 g/mol. The van der Waals surface area contributed by atoms with Crippen LogP contribution in [0, 0.1) is 17.9 Å². The van der Waals surface area contributed by atoms with Crippen LogP contribution in [-0.4, -0.2) is 77.4 Å². The third-order valence-electron chi connectivity index (χ3n) is 7.03. The van der Waals surface area contributed by atoms with Gasteiger partial charge in [-0.25, -0.2) is 0 Å². The van der Waals surface area contributed by atoms with Crippen LogP contribution in [0.25, 0.3) is 0 Å². The molecule has 8 nitrogen and oxygen atoms in total. The summed E-state index contributed by atoms with van der Waals surface area (Å²) in [7, 11) is 1.90. The lowest BCUT2D eigenvalue weighted by Crippen LogP contribution is -2.46. The Morgan fingerprint density at radius 1 is 1.24 bits per heavy atom. The number of aliphatic hydroxyl groups is 4. The van der Waals surface area contributed by atoms with Crippen molar-refractivity contribution in [1.29, 1.82) is 0 Å². The van der Waals surface area contributed by atoms with Crippen molar-refractivity contribution in [3.63, 3.8) is 0 Å². The fraction of sp³-hybridized carbons (Fsp3) is 0.567. The number of nitrogens with zero attached hydrogens (tertiary/aromatic N) is 1. The summed E-state index contributed by atoms with van der Waals surface area (Å²) < 4.78 is 10.6. The van der Waals surface area contributed by atoms with Gasteiger partial charge in [0.15, 0.2) is 17.6 Å². The van der Waals surface area contributed by atoms with Gasteiger partial charge in [0.1, 0.15) is 30.9 Å². The third-order valence-corrected chi connectivity index (χ3v) is 7.03. The first-order valence-corrected chi connectivity index (χ1v) is 13.9. The maximum atomic E-state index is 10.7. The molecule has 0 radical (unpaired) electrons. The van der Waals surface area contributed by atoms with E-state index < -0.39 is 12.2 Å². The van der Waals surface area contributed by atoms with Gasteiger partial charge in [0.25, 0.3) is 0 Å². The minimum Gasteiger partial charge on any atom is -0.504 e. The van der Waals surface area contributed by atoms with Gasteiger partial charge in [-0.2, -0.15) is 0 Å². The topological polar surface area (TPSA) is 119 Å². The van der Waals surface area contributed by atoms with Crippen molar-refractivity contribution in [1.82, 2.24) is 10.6 Å². The zero-order valence-electron chi connectivity index (χ0n) is 23.2.